The Kier molecular flexibility index (Phi) is 6.88. The quantitative estimate of drug-likeness (QED) is 0.684. The van der Waals surface area contributed by atoms with Crippen molar-refractivity contribution in [2.75, 3.05) is 57.8 Å². The first-order valence-corrected chi connectivity index (χ1v) is 8.29. The minimum atomic E-state index is 0.126. The van der Waals surface area contributed by atoms with E-state index in [4.69, 9.17) is 4.74 Å². The van der Waals surface area contributed by atoms with E-state index in [-0.39, 0.29) is 5.91 Å². The number of rotatable bonds is 8. The van der Waals surface area contributed by atoms with Crippen LogP contribution in [0.5, 0.6) is 5.75 Å². The summed E-state index contributed by atoms with van der Waals surface area (Å²) < 4.78 is 5.44. The summed E-state index contributed by atoms with van der Waals surface area (Å²) in [5.41, 5.74) is 1.12. The normalized spacial score (nSPS) is 15.0. The highest BCUT2D eigenvalue weighted by Gasteiger charge is 2.22. The smallest absolute Gasteiger partial charge is 0.237 e. The van der Waals surface area contributed by atoms with Crippen LogP contribution >= 0.6 is 0 Å². The topological polar surface area (TPSA) is 36.0 Å². The number of para-hydroxylation sites is 2. The molecule has 0 N–H and O–H groups in total. The molecule has 0 aromatic heterocycles. The molecule has 0 bridgehead atoms. The van der Waals surface area contributed by atoms with Crippen molar-refractivity contribution in [1.29, 1.82) is 0 Å². The molecule has 2 rings (SSSR count). The summed E-state index contributed by atoms with van der Waals surface area (Å²) in [6.45, 7) is 12.5. The Balaban J connectivity index is 1.89. The van der Waals surface area contributed by atoms with Crippen molar-refractivity contribution in [3.8, 4) is 5.75 Å². The Morgan fingerprint density at radius 2 is 1.79 bits per heavy atom. The van der Waals surface area contributed by atoms with Crippen molar-refractivity contribution in [1.82, 2.24) is 9.80 Å². The van der Waals surface area contributed by atoms with Gasteiger partial charge in [0.1, 0.15) is 5.75 Å². The molecule has 0 aliphatic carbocycles. The minimum absolute atomic E-state index is 0.126. The monoisotopic (exact) mass is 329 g/mol. The summed E-state index contributed by atoms with van der Waals surface area (Å²) in [6.07, 6.45) is 3.50. The molecular formula is C19H27N3O2. The van der Waals surface area contributed by atoms with Crippen molar-refractivity contribution in [3.05, 3.63) is 49.6 Å². The lowest BCUT2D eigenvalue weighted by Gasteiger charge is -2.37. The number of hydrogen-bond donors (Lipinski definition) is 0. The predicted octanol–water partition coefficient (Wildman–Crippen LogP) is 2.02. The fraction of sp³-hybridized carbons (Fsp3) is 0.421. The number of hydrogen-bond acceptors (Lipinski definition) is 4. The van der Waals surface area contributed by atoms with E-state index in [0.29, 0.717) is 19.6 Å². The third kappa shape index (κ3) is 4.61. The van der Waals surface area contributed by atoms with E-state index in [1.165, 1.54) is 0 Å². The van der Waals surface area contributed by atoms with Crippen LogP contribution in [0.15, 0.2) is 49.6 Å². The molecule has 130 valence electrons. The molecular weight excluding hydrogens is 302 g/mol. The van der Waals surface area contributed by atoms with Gasteiger partial charge in [0.05, 0.1) is 19.3 Å². The van der Waals surface area contributed by atoms with E-state index in [9.17, 15) is 4.79 Å². The number of ether oxygens (including phenoxy) is 1. The first kappa shape index (κ1) is 18.1. The SMILES string of the molecule is C=CCN(CC=C)C(=O)CN1CCN(c2ccccc2OC)CC1. The molecule has 5 nitrogen and oxygen atoms in total. The Hall–Kier alpha value is -2.27. The van der Waals surface area contributed by atoms with E-state index in [1.54, 1.807) is 24.2 Å². The molecule has 0 spiro atoms. The lowest BCUT2D eigenvalue weighted by molar-refractivity contribution is -0.131. The molecule has 1 aliphatic rings. The maximum atomic E-state index is 12.4. The second-order valence-electron chi connectivity index (χ2n) is 5.81. The van der Waals surface area contributed by atoms with Gasteiger partial charge in [0.2, 0.25) is 5.91 Å². The van der Waals surface area contributed by atoms with Crippen LogP contribution in [0.1, 0.15) is 0 Å². The Labute approximate surface area is 144 Å². The van der Waals surface area contributed by atoms with Crippen molar-refractivity contribution in [2.24, 2.45) is 0 Å². The third-order valence-electron chi connectivity index (χ3n) is 4.21. The summed E-state index contributed by atoms with van der Waals surface area (Å²) in [4.78, 5) is 18.7. The van der Waals surface area contributed by atoms with Crippen LogP contribution in [0.25, 0.3) is 0 Å². The van der Waals surface area contributed by atoms with Crippen LogP contribution in [0.2, 0.25) is 0 Å². The first-order valence-electron chi connectivity index (χ1n) is 8.29. The van der Waals surface area contributed by atoms with E-state index in [2.05, 4.69) is 29.0 Å². The summed E-state index contributed by atoms with van der Waals surface area (Å²) >= 11 is 0. The average Bonchev–Trinajstić information content (AvgIpc) is 2.62. The summed E-state index contributed by atoms with van der Waals surface area (Å²) in [5.74, 6) is 1.02. The van der Waals surface area contributed by atoms with Gasteiger partial charge in [-0.3, -0.25) is 9.69 Å². The molecule has 0 saturated carbocycles. The van der Waals surface area contributed by atoms with Gasteiger partial charge in [0, 0.05) is 39.3 Å². The van der Waals surface area contributed by atoms with Crippen LogP contribution in [0, 0.1) is 0 Å². The Morgan fingerprint density at radius 3 is 2.38 bits per heavy atom. The maximum absolute atomic E-state index is 12.4. The van der Waals surface area contributed by atoms with E-state index in [1.807, 2.05) is 18.2 Å². The molecule has 1 aliphatic heterocycles. The average molecular weight is 329 g/mol. The zero-order valence-corrected chi connectivity index (χ0v) is 14.5. The molecule has 1 saturated heterocycles. The van der Waals surface area contributed by atoms with Gasteiger partial charge in [-0.2, -0.15) is 0 Å². The molecule has 5 heteroatoms. The van der Waals surface area contributed by atoms with Gasteiger partial charge >= 0.3 is 0 Å². The van der Waals surface area contributed by atoms with Crippen LogP contribution in [-0.4, -0.2) is 68.6 Å². The van der Waals surface area contributed by atoms with Gasteiger partial charge in [0.25, 0.3) is 0 Å². The maximum Gasteiger partial charge on any atom is 0.237 e. The van der Waals surface area contributed by atoms with Crippen molar-refractivity contribution < 1.29 is 9.53 Å². The summed E-state index contributed by atoms with van der Waals surface area (Å²) in [7, 11) is 1.70. The summed E-state index contributed by atoms with van der Waals surface area (Å²) in [5, 5.41) is 0. The number of nitrogens with zero attached hydrogens (tertiary/aromatic N) is 3. The second kappa shape index (κ2) is 9.13. The molecule has 24 heavy (non-hydrogen) atoms. The van der Waals surface area contributed by atoms with Gasteiger partial charge in [-0.25, -0.2) is 0 Å². The number of carbonyl (C=O) groups is 1. The minimum Gasteiger partial charge on any atom is -0.495 e. The van der Waals surface area contributed by atoms with Gasteiger partial charge in [-0.15, -0.1) is 13.2 Å². The number of methoxy groups -OCH3 is 1. The summed E-state index contributed by atoms with van der Waals surface area (Å²) in [6, 6.07) is 8.06. The Bertz CT molecular complexity index is 555. The molecule has 1 heterocycles. The first-order chi connectivity index (χ1) is 11.7. The molecule has 0 radical (unpaired) electrons. The highest BCUT2D eigenvalue weighted by molar-refractivity contribution is 5.78. The fourth-order valence-electron chi connectivity index (χ4n) is 2.92. The Morgan fingerprint density at radius 1 is 1.17 bits per heavy atom. The highest BCUT2D eigenvalue weighted by Crippen LogP contribution is 2.28. The third-order valence-corrected chi connectivity index (χ3v) is 4.21. The van der Waals surface area contributed by atoms with Gasteiger partial charge in [-0.1, -0.05) is 24.3 Å². The molecule has 1 aromatic carbocycles. The number of carbonyl (C=O) groups excluding carboxylic acids is 1. The van der Waals surface area contributed by atoms with Crippen molar-refractivity contribution in [2.45, 2.75) is 0 Å². The zero-order valence-electron chi connectivity index (χ0n) is 14.5. The van der Waals surface area contributed by atoms with Gasteiger partial charge in [-0.05, 0) is 12.1 Å². The van der Waals surface area contributed by atoms with E-state index in [0.717, 1.165) is 37.6 Å². The van der Waals surface area contributed by atoms with Gasteiger partial charge < -0.3 is 14.5 Å². The van der Waals surface area contributed by atoms with Crippen LogP contribution in [0.4, 0.5) is 5.69 Å². The van der Waals surface area contributed by atoms with Crippen LogP contribution in [-0.2, 0) is 4.79 Å². The molecule has 0 unspecified atom stereocenters. The molecule has 1 amide bonds. The molecule has 1 aromatic rings. The van der Waals surface area contributed by atoms with E-state index < -0.39 is 0 Å². The van der Waals surface area contributed by atoms with Crippen LogP contribution in [0.3, 0.4) is 0 Å². The highest BCUT2D eigenvalue weighted by atomic mass is 16.5. The largest absolute Gasteiger partial charge is 0.495 e. The number of amides is 1. The van der Waals surface area contributed by atoms with E-state index >= 15 is 0 Å². The van der Waals surface area contributed by atoms with Crippen molar-refractivity contribution >= 4 is 11.6 Å². The van der Waals surface area contributed by atoms with Gasteiger partial charge in [0.15, 0.2) is 0 Å². The molecule has 1 fully saturated rings. The van der Waals surface area contributed by atoms with Crippen molar-refractivity contribution in [3.63, 3.8) is 0 Å². The number of piperazine rings is 1. The standard InChI is InChI=1S/C19H27N3O2/c1-4-10-22(11-5-2)19(23)16-20-12-14-21(15-13-20)17-8-6-7-9-18(17)24-3/h4-9H,1-2,10-16H2,3H3. The second-order valence-corrected chi connectivity index (χ2v) is 5.81. The predicted molar refractivity (Wildman–Crippen MR) is 98.6 cm³/mol. The van der Waals surface area contributed by atoms with Crippen LogP contribution < -0.4 is 9.64 Å². The fourth-order valence-corrected chi connectivity index (χ4v) is 2.92. The lowest BCUT2D eigenvalue weighted by atomic mass is 10.2. The zero-order chi connectivity index (χ0) is 17.4. The lowest BCUT2D eigenvalue weighted by Crippen LogP contribution is -2.50. The molecule has 0 atom stereocenters. The number of benzene rings is 1. The number of anilines is 1.